The van der Waals surface area contributed by atoms with Gasteiger partial charge in [-0.05, 0) is 31.2 Å². The number of halogens is 1. The van der Waals surface area contributed by atoms with Crippen LogP contribution in [-0.4, -0.2) is 18.6 Å². The lowest BCUT2D eigenvalue weighted by molar-refractivity contribution is 0.731. The van der Waals surface area contributed by atoms with Crippen LogP contribution in [0.4, 0.5) is 5.13 Å². The van der Waals surface area contributed by atoms with Gasteiger partial charge in [0.15, 0.2) is 5.13 Å². The van der Waals surface area contributed by atoms with Crippen LogP contribution in [0, 0.1) is 6.92 Å². The minimum atomic E-state index is 0.868. The van der Waals surface area contributed by atoms with Gasteiger partial charge in [-0.25, -0.2) is 4.98 Å². The lowest BCUT2D eigenvalue weighted by atomic mass is 10.2. The number of hydrogen-bond donors (Lipinski definition) is 1. The number of benzene rings is 1. The van der Waals surface area contributed by atoms with Crippen molar-refractivity contribution in [2.24, 2.45) is 0 Å². The third kappa shape index (κ3) is 4.04. The Labute approximate surface area is 133 Å². The largest absolute Gasteiger partial charge is 0.347 e. The number of hydrogen-bond acceptors (Lipinski definition) is 4. The molecule has 5 heteroatoms. The van der Waals surface area contributed by atoms with E-state index in [-0.39, 0.29) is 0 Å². The average Bonchev–Trinajstić information content (AvgIpc) is 2.78. The first-order chi connectivity index (χ1) is 9.60. The van der Waals surface area contributed by atoms with Gasteiger partial charge < -0.3 is 10.2 Å². The zero-order valence-electron chi connectivity index (χ0n) is 12.1. The second-order valence-electron chi connectivity index (χ2n) is 4.77. The van der Waals surface area contributed by atoms with Crippen molar-refractivity contribution < 1.29 is 0 Å². The third-order valence-corrected chi connectivity index (χ3v) is 4.82. The van der Waals surface area contributed by atoms with E-state index in [9.17, 15) is 0 Å². The van der Waals surface area contributed by atoms with Crippen LogP contribution in [0.3, 0.4) is 0 Å². The van der Waals surface area contributed by atoms with Crippen molar-refractivity contribution in [1.29, 1.82) is 0 Å². The molecule has 0 aliphatic heterocycles. The molecule has 0 unspecified atom stereocenters. The monoisotopic (exact) mass is 353 g/mol. The van der Waals surface area contributed by atoms with Gasteiger partial charge in [0.1, 0.15) is 0 Å². The summed E-state index contributed by atoms with van der Waals surface area (Å²) in [5.41, 5.74) is 2.41. The Balaban J connectivity index is 2.07. The molecule has 3 nitrogen and oxygen atoms in total. The molecule has 0 bridgehead atoms. The summed E-state index contributed by atoms with van der Waals surface area (Å²) in [6.45, 7) is 6.97. The van der Waals surface area contributed by atoms with Crippen LogP contribution < -0.4 is 10.2 Å². The summed E-state index contributed by atoms with van der Waals surface area (Å²) in [7, 11) is 2.09. The van der Waals surface area contributed by atoms with E-state index < -0.39 is 0 Å². The first-order valence-corrected chi connectivity index (χ1v) is 8.33. The van der Waals surface area contributed by atoms with Crippen molar-refractivity contribution >= 4 is 32.4 Å². The Morgan fingerprint density at radius 3 is 2.90 bits per heavy atom. The van der Waals surface area contributed by atoms with Crippen molar-refractivity contribution in [3.63, 3.8) is 0 Å². The number of aryl methyl sites for hydroxylation is 1. The Kier molecular flexibility index (Phi) is 5.57. The Bertz CT molecular complexity index is 568. The van der Waals surface area contributed by atoms with E-state index in [1.54, 1.807) is 11.3 Å². The Morgan fingerprint density at radius 2 is 2.20 bits per heavy atom. The molecule has 2 rings (SSSR count). The van der Waals surface area contributed by atoms with E-state index in [4.69, 9.17) is 0 Å². The van der Waals surface area contributed by atoms with Crippen LogP contribution in [0.25, 0.3) is 0 Å². The molecule has 0 fully saturated rings. The maximum atomic E-state index is 4.67. The van der Waals surface area contributed by atoms with Crippen molar-refractivity contribution in [3.8, 4) is 0 Å². The van der Waals surface area contributed by atoms with Gasteiger partial charge in [-0.3, -0.25) is 0 Å². The smallest absolute Gasteiger partial charge is 0.185 e. The van der Waals surface area contributed by atoms with Gasteiger partial charge in [0, 0.05) is 29.5 Å². The molecular formula is C15H20BrN3S. The molecule has 1 N–H and O–H groups in total. The highest BCUT2D eigenvalue weighted by atomic mass is 79.9. The zero-order chi connectivity index (χ0) is 14.5. The van der Waals surface area contributed by atoms with Crippen LogP contribution in [0.15, 0.2) is 28.7 Å². The number of thiazole rings is 1. The van der Waals surface area contributed by atoms with Crippen LogP contribution in [-0.2, 0) is 13.1 Å². The summed E-state index contributed by atoms with van der Waals surface area (Å²) >= 11 is 5.28. The Hall–Kier alpha value is -0.910. The van der Waals surface area contributed by atoms with E-state index in [2.05, 4.69) is 70.2 Å². The molecule has 1 aromatic carbocycles. The fourth-order valence-corrected chi connectivity index (χ4v) is 3.39. The molecule has 0 amide bonds. The standard InChI is InChI=1S/C15H20BrN3S/c1-4-17-9-14-11(2)18-15(20-14)19(3)10-12-6-5-7-13(16)8-12/h5-8,17H,4,9-10H2,1-3H3. The molecule has 0 saturated heterocycles. The maximum absolute atomic E-state index is 4.67. The SMILES string of the molecule is CCNCc1sc(N(C)Cc2cccc(Br)c2)nc1C. The van der Waals surface area contributed by atoms with E-state index in [1.165, 1.54) is 10.4 Å². The number of nitrogens with zero attached hydrogens (tertiary/aromatic N) is 2. The lowest BCUT2D eigenvalue weighted by Crippen LogP contribution is -2.16. The van der Waals surface area contributed by atoms with Gasteiger partial charge in [0.25, 0.3) is 0 Å². The minimum Gasteiger partial charge on any atom is -0.347 e. The minimum absolute atomic E-state index is 0.868. The molecule has 108 valence electrons. The molecule has 0 saturated carbocycles. The molecule has 0 spiro atoms. The second-order valence-corrected chi connectivity index (χ2v) is 6.75. The van der Waals surface area contributed by atoms with E-state index in [1.807, 2.05) is 6.07 Å². The quantitative estimate of drug-likeness (QED) is 0.851. The normalized spacial score (nSPS) is 10.8. The molecular weight excluding hydrogens is 334 g/mol. The van der Waals surface area contributed by atoms with Crippen LogP contribution >= 0.6 is 27.3 Å². The molecule has 2 aromatic rings. The highest BCUT2D eigenvalue weighted by Crippen LogP contribution is 2.26. The summed E-state index contributed by atoms with van der Waals surface area (Å²) in [5.74, 6) is 0. The molecule has 0 aliphatic rings. The molecule has 20 heavy (non-hydrogen) atoms. The van der Waals surface area contributed by atoms with E-state index >= 15 is 0 Å². The van der Waals surface area contributed by atoms with E-state index in [0.29, 0.717) is 0 Å². The van der Waals surface area contributed by atoms with Crippen molar-refractivity contribution in [3.05, 3.63) is 44.9 Å². The van der Waals surface area contributed by atoms with Gasteiger partial charge in [-0.2, -0.15) is 0 Å². The van der Waals surface area contributed by atoms with Crippen LogP contribution in [0.2, 0.25) is 0 Å². The predicted molar refractivity (Wildman–Crippen MR) is 90.5 cm³/mol. The van der Waals surface area contributed by atoms with Crippen molar-refractivity contribution in [1.82, 2.24) is 10.3 Å². The second kappa shape index (κ2) is 7.20. The summed E-state index contributed by atoms with van der Waals surface area (Å²) in [6, 6.07) is 8.40. The summed E-state index contributed by atoms with van der Waals surface area (Å²) in [5, 5.41) is 4.44. The van der Waals surface area contributed by atoms with Crippen molar-refractivity contribution in [2.45, 2.75) is 26.9 Å². The van der Waals surface area contributed by atoms with Gasteiger partial charge in [0.05, 0.1) is 5.69 Å². The van der Waals surface area contributed by atoms with Crippen molar-refractivity contribution in [2.75, 3.05) is 18.5 Å². The highest BCUT2D eigenvalue weighted by molar-refractivity contribution is 9.10. The Morgan fingerprint density at radius 1 is 1.40 bits per heavy atom. The zero-order valence-corrected chi connectivity index (χ0v) is 14.5. The molecule has 0 aliphatic carbocycles. The molecule has 1 aromatic heterocycles. The van der Waals surface area contributed by atoms with Gasteiger partial charge in [0.2, 0.25) is 0 Å². The first-order valence-electron chi connectivity index (χ1n) is 6.72. The molecule has 1 heterocycles. The summed E-state index contributed by atoms with van der Waals surface area (Å²) in [4.78, 5) is 8.20. The third-order valence-electron chi connectivity index (χ3n) is 3.05. The average molecular weight is 354 g/mol. The topological polar surface area (TPSA) is 28.2 Å². The first kappa shape index (κ1) is 15.5. The summed E-state index contributed by atoms with van der Waals surface area (Å²) < 4.78 is 1.12. The summed E-state index contributed by atoms with van der Waals surface area (Å²) in [6.07, 6.45) is 0. The van der Waals surface area contributed by atoms with Crippen LogP contribution in [0.5, 0.6) is 0 Å². The number of anilines is 1. The fraction of sp³-hybridized carbons (Fsp3) is 0.400. The molecule has 0 radical (unpaired) electrons. The maximum Gasteiger partial charge on any atom is 0.185 e. The number of nitrogens with one attached hydrogen (secondary N) is 1. The highest BCUT2D eigenvalue weighted by Gasteiger charge is 2.11. The number of aromatic nitrogens is 1. The lowest BCUT2D eigenvalue weighted by Gasteiger charge is -2.15. The van der Waals surface area contributed by atoms with Gasteiger partial charge >= 0.3 is 0 Å². The van der Waals surface area contributed by atoms with E-state index in [0.717, 1.165) is 34.9 Å². The van der Waals surface area contributed by atoms with Gasteiger partial charge in [-0.15, -0.1) is 11.3 Å². The van der Waals surface area contributed by atoms with Crippen LogP contribution in [0.1, 0.15) is 23.1 Å². The number of rotatable bonds is 6. The molecule has 0 atom stereocenters. The predicted octanol–water partition coefficient (Wildman–Crippen LogP) is 3.96. The van der Waals surface area contributed by atoms with Gasteiger partial charge in [-0.1, -0.05) is 35.0 Å². The fourth-order valence-electron chi connectivity index (χ4n) is 1.96.